The van der Waals surface area contributed by atoms with Crippen molar-refractivity contribution in [3.8, 4) is 11.5 Å². The zero-order chi connectivity index (χ0) is 21.3. The smallest absolute Gasteiger partial charge is 0.174 e. The Balaban J connectivity index is 1.86. The number of hydrogen-bond donors (Lipinski definition) is 1. The first-order valence-electron chi connectivity index (χ1n) is 9.93. The van der Waals surface area contributed by atoms with Crippen LogP contribution in [0.15, 0.2) is 61.1 Å². The highest BCUT2D eigenvalue weighted by Gasteiger charge is 2.42. The zero-order valence-corrected chi connectivity index (χ0v) is 18.4. The molecule has 6 nitrogen and oxygen atoms in total. The summed E-state index contributed by atoms with van der Waals surface area (Å²) < 4.78 is 13.3. The van der Waals surface area contributed by atoms with E-state index in [1.165, 1.54) is 0 Å². The van der Waals surface area contributed by atoms with Gasteiger partial charge >= 0.3 is 0 Å². The second-order valence-electron chi connectivity index (χ2n) is 7.52. The Morgan fingerprint density at radius 2 is 1.93 bits per heavy atom. The van der Waals surface area contributed by atoms with E-state index in [9.17, 15) is 0 Å². The summed E-state index contributed by atoms with van der Waals surface area (Å²) in [7, 11) is 3.32. The van der Waals surface area contributed by atoms with Crippen molar-refractivity contribution in [3.05, 3.63) is 72.3 Å². The number of pyridine rings is 1. The summed E-state index contributed by atoms with van der Waals surface area (Å²) in [6.07, 6.45) is 6.10. The normalized spacial score (nSPS) is 18.6. The fourth-order valence-electron chi connectivity index (χ4n) is 3.86. The Kier molecular flexibility index (Phi) is 5.63. The number of ether oxygens (including phenoxy) is 2. The Bertz CT molecular complexity index is 1030. The molecule has 1 N–H and O–H groups in total. The lowest BCUT2D eigenvalue weighted by atomic mass is 9.98. The highest BCUT2D eigenvalue weighted by Crippen LogP contribution is 2.45. The minimum Gasteiger partial charge on any atom is -0.497 e. The van der Waals surface area contributed by atoms with Crippen LogP contribution in [0.4, 0.5) is 5.69 Å². The fraction of sp³-hybridized carbons (Fsp3) is 0.304. The summed E-state index contributed by atoms with van der Waals surface area (Å²) in [5.41, 5.74) is 2.94. The molecule has 0 bridgehead atoms. The van der Waals surface area contributed by atoms with Gasteiger partial charge in [0.05, 0.1) is 37.7 Å². The number of rotatable bonds is 6. The Morgan fingerprint density at radius 3 is 2.57 bits per heavy atom. The molecule has 0 radical (unpaired) electrons. The highest BCUT2D eigenvalue weighted by atomic mass is 32.1. The molecule has 7 heteroatoms. The molecule has 0 saturated carbocycles. The molecule has 0 spiro atoms. The van der Waals surface area contributed by atoms with E-state index in [4.69, 9.17) is 21.7 Å². The van der Waals surface area contributed by atoms with Crippen molar-refractivity contribution < 1.29 is 9.47 Å². The van der Waals surface area contributed by atoms with Crippen LogP contribution >= 0.6 is 12.2 Å². The molecule has 1 saturated heterocycles. The van der Waals surface area contributed by atoms with Gasteiger partial charge in [-0.25, -0.2) is 0 Å². The third kappa shape index (κ3) is 3.61. The van der Waals surface area contributed by atoms with Gasteiger partial charge in [-0.1, -0.05) is 6.07 Å². The monoisotopic (exact) mass is 422 g/mol. The van der Waals surface area contributed by atoms with E-state index < -0.39 is 0 Å². The summed E-state index contributed by atoms with van der Waals surface area (Å²) in [6.45, 7) is 4.33. The van der Waals surface area contributed by atoms with Crippen LogP contribution in [-0.4, -0.2) is 28.9 Å². The van der Waals surface area contributed by atoms with Crippen molar-refractivity contribution in [2.75, 3.05) is 19.1 Å². The van der Waals surface area contributed by atoms with Gasteiger partial charge in [-0.2, -0.15) is 0 Å². The lowest BCUT2D eigenvalue weighted by Gasteiger charge is -2.28. The predicted molar refractivity (Wildman–Crippen MR) is 122 cm³/mol. The van der Waals surface area contributed by atoms with E-state index in [1.807, 2.05) is 42.6 Å². The second kappa shape index (κ2) is 8.36. The standard InChI is InChI=1S/C23H26N4O2S/c1-15(2)26-12-10-16(14-26)22-21(18-7-5-6-11-24-18)25-23(30)27(22)19-13-17(28-3)8-9-20(19)29-4/h5-15,21-22H,1-4H3,(H,25,30)/t21-,22+/m1/s1. The molecule has 3 aromatic rings. The maximum absolute atomic E-state index is 5.81. The molecular formula is C23H26N4O2S. The summed E-state index contributed by atoms with van der Waals surface area (Å²) in [5, 5.41) is 4.11. The largest absolute Gasteiger partial charge is 0.497 e. The zero-order valence-electron chi connectivity index (χ0n) is 17.6. The van der Waals surface area contributed by atoms with Gasteiger partial charge in [0.15, 0.2) is 5.11 Å². The topological polar surface area (TPSA) is 51.6 Å². The average molecular weight is 423 g/mol. The van der Waals surface area contributed by atoms with Gasteiger partial charge in [0.25, 0.3) is 0 Å². The quantitative estimate of drug-likeness (QED) is 0.583. The molecule has 2 atom stereocenters. The Labute approximate surface area is 182 Å². The number of nitrogens with one attached hydrogen (secondary N) is 1. The van der Waals surface area contributed by atoms with Crippen LogP contribution in [0.5, 0.6) is 11.5 Å². The SMILES string of the molecule is COc1ccc(OC)c(N2C(=S)N[C@H](c3ccccn3)[C@@H]2c2ccn(C(C)C)c2)c1. The lowest BCUT2D eigenvalue weighted by Crippen LogP contribution is -2.29. The maximum Gasteiger partial charge on any atom is 0.174 e. The Hall–Kier alpha value is -3.06. The molecule has 0 unspecified atom stereocenters. The average Bonchev–Trinajstić information content (AvgIpc) is 3.38. The van der Waals surface area contributed by atoms with E-state index in [1.54, 1.807) is 14.2 Å². The number of thiocarbonyl (C=S) groups is 1. The van der Waals surface area contributed by atoms with E-state index in [0.717, 1.165) is 28.4 Å². The molecule has 1 aromatic carbocycles. The van der Waals surface area contributed by atoms with Crippen molar-refractivity contribution in [1.82, 2.24) is 14.9 Å². The number of nitrogens with zero attached hydrogens (tertiary/aromatic N) is 3. The van der Waals surface area contributed by atoms with Gasteiger partial charge in [-0.15, -0.1) is 0 Å². The summed E-state index contributed by atoms with van der Waals surface area (Å²) >= 11 is 5.81. The molecule has 1 aliphatic heterocycles. The molecule has 2 aromatic heterocycles. The van der Waals surface area contributed by atoms with Gasteiger partial charge in [-0.05, 0) is 62.0 Å². The molecule has 30 heavy (non-hydrogen) atoms. The third-order valence-corrected chi connectivity index (χ3v) is 5.73. The van der Waals surface area contributed by atoms with Crippen molar-refractivity contribution in [3.63, 3.8) is 0 Å². The van der Waals surface area contributed by atoms with E-state index in [2.05, 4.69) is 52.1 Å². The fourth-order valence-corrected chi connectivity index (χ4v) is 4.20. The van der Waals surface area contributed by atoms with Crippen LogP contribution in [0.1, 0.15) is 43.2 Å². The Morgan fingerprint density at radius 1 is 1.10 bits per heavy atom. The number of methoxy groups -OCH3 is 2. The third-order valence-electron chi connectivity index (χ3n) is 5.42. The second-order valence-corrected chi connectivity index (χ2v) is 7.91. The molecule has 156 valence electrons. The first-order chi connectivity index (χ1) is 14.5. The minimum atomic E-state index is -0.0994. The highest BCUT2D eigenvalue weighted by molar-refractivity contribution is 7.80. The minimum absolute atomic E-state index is 0.0894. The predicted octanol–water partition coefficient (Wildman–Crippen LogP) is 4.66. The van der Waals surface area contributed by atoms with Crippen molar-refractivity contribution >= 4 is 23.0 Å². The van der Waals surface area contributed by atoms with Crippen LogP contribution in [0.25, 0.3) is 0 Å². The maximum atomic E-state index is 5.81. The van der Waals surface area contributed by atoms with Gasteiger partial charge in [0, 0.05) is 30.7 Å². The number of benzene rings is 1. The lowest BCUT2D eigenvalue weighted by molar-refractivity contribution is 0.403. The first-order valence-corrected chi connectivity index (χ1v) is 10.3. The molecule has 4 rings (SSSR count). The summed E-state index contributed by atoms with van der Waals surface area (Å²) in [5.74, 6) is 1.48. The van der Waals surface area contributed by atoms with Crippen LogP contribution in [0.2, 0.25) is 0 Å². The van der Waals surface area contributed by atoms with Gasteiger partial charge in [0.1, 0.15) is 11.5 Å². The van der Waals surface area contributed by atoms with Crippen molar-refractivity contribution in [2.45, 2.75) is 32.0 Å². The molecule has 1 fully saturated rings. The van der Waals surface area contributed by atoms with Gasteiger partial charge in [0.2, 0.25) is 0 Å². The first kappa shape index (κ1) is 20.2. The van der Waals surface area contributed by atoms with Crippen LogP contribution in [0, 0.1) is 0 Å². The van der Waals surface area contributed by atoms with E-state index in [-0.39, 0.29) is 12.1 Å². The van der Waals surface area contributed by atoms with Gasteiger partial charge in [-0.3, -0.25) is 4.98 Å². The van der Waals surface area contributed by atoms with E-state index in [0.29, 0.717) is 11.2 Å². The van der Waals surface area contributed by atoms with Crippen molar-refractivity contribution in [2.24, 2.45) is 0 Å². The van der Waals surface area contributed by atoms with Crippen LogP contribution < -0.4 is 19.7 Å². The molecule has 1 aliphatic rings. The van der Waals surface area contributed by atoms with Gasteiger partial charge < -0.3 is 24.3 Å². The summed E-state index contributed by atoms with van der Waals surface area (Å²) in [6, 6.07) is 14.0. The number of hydrogen-bond acceptors (Lipinski definition) is 4. The van der Waals surface area contributed by atoms with E-state index >= 15 is 0 Å². The summed E-state index contributed by atoms with van der Waals surface area (Å²) in [4.78, 5) is 6.71. The molecule has 0 amide bonds. The van der Waals surface area contributed by atoms with Crippen molar-refractivity contribution in [1.29, 1.82) is 0 Å². The number of aromatic nitrogens is 2. The van der Waals surface area contributed by atoms with Crippen LogP contribution in [-0.2, 0) is 0 Å². The molecular weight excluding hydrogens is 396 g/mol. The molecule has 3 heterocycles. The number of anilines is 1. The van der Waals surface area contributed by atoms with Crippen LogP contribution in [0.3, 0.4) is 0 Å². The molecule has 0 aliphatic carbocycles.